The number of amides is 1. The van der Waals surface area contributed by atoms with Crippen LogP contribution >= 0.6 is 22.9 Å². The fraction of sp³-hybridized carbons (Fsp3) is 0.267. The molecule has 1 aromatic carbocycles. The molecule has 0 aliphatic rings. The van der Waals surface area contributed by atoms with Crippen molar-refractivity contribution in [1.29, 1.82) is 0 Å². The third-order valence-electron chi connectivity index (χ3n) is 2.76. The second-order valence-electron chi connectivity index (χ2n) is 4.41. The highest BCUT2D eigenvalue weighted by molar-refractivity contribution is 7.09. The number of thiophene rings is 1. The summed E-state index contributed by atoms with van der Waals surface area (Å²) < 4.78 is 0. The third-order valence-corrected chi connectivity index (χ3v) is 3.89. The van der Waals surface area contributed by atoms with Crippen LogP contribution < -0.4 is 10.6 Å². The lowest BCUT2D eigenvalue weighted by Gasteiger charge is -2.06. The minimum Gasteiger partial charge on any atom is -0.326 e. The van der Waals surface area contributed by atoms with Crippen LogP contribution in [0.1, 0.15) is 17.7 Å². The Morgan fingerprint density at radius 3 is 2.70 bits per heavy atom. The van der Waals surface area contributed by atoms with Crippen molar-refractivity contribution in [2.75, 3.05) is 11.9 Å². The molecule has 0 aliphatic heterocycles. The van der Waals surface area contributed by atoms with Crippen LogP contribution in [-0.2, 0) is 11.3 Å². The van der Waals surface area contributed by atoms with E-state index in [4.69, 9.17) is 11.6 Å². The van der Waals surface area contributed by atoms with Gasteiger partial charge < -0.3 is 10.6 Å². The molecule has 0 spiro atoms. The van der Waals surface area contributed by atoms with Crippen LogP contribution in [0.15, 0.2) is 41.8 Å². The molecule has 2 rings (SSSR count). The summed E-state index contributed by atoms with van der Waals surface area (Å²) in [5.74, 6) is 0.0326. The van der Waals surface area contributed by atoms with Crippen LogP contribution in [0.4, 0.5) is 5.69 Å². The first-order valence-corrected chi connectivity index (χ1v) is 7.78. The van der Waals surface area contributed by atoms with E-state index in [1.165, 1.54) is 4.88 Å². The first-order valence-electron chi connectivity index (χ1n) is 6.52. The Kier molecular flexibility index (Phi) is 6.05. The molecule has 0 saturated carbocycles. The van der Waals surface area contributed by atoms with E-state index in [0.29, 0.717) is 11.4 Å². The standard InChI is InChI=1S/C15H17ClN2OS/c16-12-5-7-13(8-6-12)18-15(19)4-1-9-17-11-14-3-2-10-20-14/h2-3,5-8,10,17H,1,4,9,11H2,(H,18,19). The van der Waals surface area contributed by atoms with E-state index < -0.39 is 0 Å². The number of halogens is 1. The van der Waals surface area contributed by atoms with Crippen LogP contribution in [0.25, 0.3) is 0 Å². The van der Waals surface area contributed by atoms with Crippen molar-refractivity contribution in [3.8, 4) is 0 Å². The van der Waals surface area contributed by atoms with Crippen molar-refractivity contribution < 1.29 is 4.79 Å². The fourth-order valence-corrected chi connectivity index (χ4v) is 2.56. The van der Waals surface area contributed by atoms with Crippen molar-refractivity contribution >= 4 is 34.5 Å². The number of rotatable bonds is 7. The smallest absolute Gasteiger partial charge is 0.224 e. The number of benzene rings is 1. The van der Waals surface area contributed by atoms with Gasteiger partial charge in [0, 0.05) is 28.6 Å². The van der Waals surface area contributed by atoms with Gasteiger partial charge in [0.25, 0.3) is 0 Å². The molecule has 1 heterocycles. The van der Waals surface area contributed by atoms with E-state index in [-0.39, 0.29) is 5.91 Å². The topological polar surface area (TPSA) is 41.1 Å². The van der Waals surface area contributed by atoms with Gasteiger partial charge in [-0.25, -0.2) is 0 Å². The van der Waals surface area contributed by atoms with Crippen LogP contribution in [0.2, 0.25) is 5.02 Å². The van der Waals surface area contributed by atoms with Crippen molar-refractivity contribution in [2.24, 2.45) is 0 Å². The highest BCUT2D eigenvalue weighted by atomic mass is 35.5. The quantitative estimate of drug-likeness (QED) is 0.761. The van der Waals surface area contributed by atoms with Gasteiger partial charge in [-0.2, -0.15) is 0 Å². The molecule has 1 amide bonds. The van der Waals surface area contributed by atoms with Crippen LogP contribution in [0.3, 0.4) is 0 Å². The normalized spacial score (nSPS) is 10.4. The summed E-state index contributed by atoms with van der Waals surface area (Å²) in [4.78, 5) is 13.0. The van der Waals surface area contributed by atoms with Gasteiger partial charge in [-0.15, -0.1) is 11.3 Å². The Morgan fingerprint density at radius 1 is 1.20 bits per heavy atom. The van der Waals surface area contributed by atoms with Gasteiger partial charge >= 0.3 is 0 Å². The summed E-state index contributed by atoms with van der Waals surface area (Å²) in [6.45, 7) is 1.71. The third kappa shape index (κ3) is 5.33. The van der Waals surface area contributed by atoms with Gasteiger partial charge in [-0.05, 0) is 48.7 Å². The number of hydrogen-bond donors (Lipinski definition) is 2. The minimum atomic E-state index is 0.0326. The summed E-state index contributed by atoms with van der Waals surface area (Å²) in [5, 5.41) is 8.91. The molecule has 2 aromatic rings. The minimum absolute atomic E-state index is 0.0326. The van der Waals surface area contributed by atoms with E-state index in [2.05, 4.69) is 22.1 Å². The second-order valence-corrected chi connectivity index (χ2v) is 5.88. The van der Waals surface area contributed by atoms with Crippen molar-refractivity contribution in [2.45, 2.75) is 19.4 Å². The molecule has 0 atom stereocenters. The monoisotopic (exact) mass is 308 g/mol. The lowest BCUT2D eigenvalue weighted by molar-refractivity contribution is -0.116. The Hall–Kier alpha value is -1.36. The summed E-state index contributed by atoms with van der Waals surface area (Å²) in [7, 11) is 0. The maximum absolute atomic E-state index is 11.7. The van der Waals surface area contributed by atoms with E-state index in [9.17, 15) is 4.79 Å². The number of carbonyl (C=O) groups is 1. The molecule has 20 heavy (non-hydrogen) atoms. The maximum atomic E-state index is 11.7. The van der Waals surface area contributed by atoms with Crippen molar-refractivity contribution in [3.05, 3.63) is 51.7 Å². The summed E-state index contributed by atoms with van der Waals surface area (Å²) in [6.07, 6.45) is 1.34. The van der Waals surface area contributed by atoms with Gasteiger partial charge in [-0.3, -0.25) is 4.79 Å². The van der Waals surface area contributed by atoms with Crippen LogP contribution in [0, 0.1) is 0 Å². The van der Waals surface area contributed by atoms with Crippen molar-refractivity contribution in [1.82, 2.24) is 5.32 Å². The Labute approximate surface area is 128 Å². The van der Waals surface area contributed by atoms with Gasteiger partial charge in [0.15, 0.2) is 0 Å². The second kappa shape index (κ2) is 8.04. The van der Waals surface area contributed by atoms with Gasteiger partial charge in [0.2, 0.25) is 5.91 Å². The largest absolute Gasteiger partial charge is 0.326 e. The predicted molar refractivity (Wildman–Crippen MR) is 85.3 cm³/mol. The molecule has 106 valence electrons. The molecule has 0 saturated heterocycles. The number of carbonyl (C=O) groups excluding carboxylic acids is 1. The molecular weight excluding hydrogens is 292 g/mol. The summed E-state index contributed by atoms with van der Waals surface area (Å²) in [5.41, 5.74) is 0.783. The molecular formula is C15H17ClN2OS. The molecule has 0 bridgehead atoms. The lowest BCUT2D eigenvalue weighted by atomic mass is 10.2. The zero-order valence-electron chi connectivity index (χ0n) is 11.1. The average molecular weight is 309 g/mol. The number of anilines is 1. The molecule has 2 N–H and O–H groups in total. The van der Waals surface area contributed by atoms with Crippen molar-refractivity contribution in [3.63, 3.8) is 0 Å². The van der Waals surface area contributed by atoms with Gasteiger partial charge in [0.05, 0.1) is 0 Å². The zero-order valence-corrected chi connectivity index (χ0v) is 12.6. The van der Waals surface area contributed by atoms with Gasteiger partial charge in [0.1, 0.15) is 0 Å². The highest BCUT2D eigenvalue weighted by Gasteiger charge is 2.02. The first kappa shape index (κ1) is 15.0. The Morgan fingerprint density at radius 2 is 2.00 bits per heavy atom. The molecule has 1 aromatic heterocycles. The fourth-order valence-electron chi connectivity index (χ4n) is 1.76. The first-order chi connectivity index (χ1) is 9.74. The SMILES string of the molecule is O=C(CCCNCc1cccs1)Nc1ccc(Cl)cc1. The maximum Gasteiger partial charge on any atom is 0.224 e. The van der Waals surface area contributed by atoms with Crippen LogP contribution in [-0.4, -0.2) is 12.5 Å². The average Bonchev–Trinajstić information content (AvgIpc) is 2.94. The van der Waals surface area contributed by atoms with E-state index in [0.717, 1.165) is 25.2 Å². The lowest BCUT2D eigenvalue weighted by Crippen LogP contribution is -2.17. The molecule has 5 heteroatoms. The Balaban J connectivity index is 1.59. The molecule has 3 nitrogen and oxygen atoms in total. The molecule has 0 fully saturated rings. The van der Waals surface area contributed by atoms with E-state index in [1.807, 2.05) is 6.07 Å². The van der Waals surface area contributed by atoms with Gasteiger partial charge in [-0.1, -0.05) is 17.7 Å². The highest BCUT2D eigenvalue weighted by Crippen LogP contribution is 2.13. The van der Waals surface area contributed by atoms with E-state index in [1.54, 1.807) is 35.6 Å². The molecule has 0 unspecified atom stereocenters. The van der Waals surface area contributed by atoms with Crippen LogP contribution in [0.5, 0.6) is 0 Å². The summed E-state index contributed by atoms with van der Waals surface area (Å²) in [6, 6.07) is 11.3. The number of hydrogen-bond acceptors (Lipinski definition) is 3. The number of nitrogens with one attached hydrogen (secondary N) is 2. The molecule has 0 radical (unpaired) electrons. The summed E-state index contributed by atoms with van der Waals surface area (Å²) >= 11 is 7.53. The zero-order chi connectivity index (χ0) is 14.2. The van der Waals surface area contributed by atoms with E-state index >= 15 is 0 Å². The molecule has 0 aliphatic carbocycles. The Bertz CT molecular complexity index is 525. The predicted octanol–water partition coefficient (Wildman–Crippen LogP) is 3.91.